The minimum atomic E-state index is -1.18. The van der Waals surface area contributed by atoms with Gasteiger partial charge in [0.05, 0.1) is 0 Å². The summed E-state index contributed by atoms with van der Waals surface area (Å²) in [6, 6.07) is 43.7. The van der Waals surface area contributed by atoms with Crippen LogP contribution in [0.1, 0.15) is 113 Å². The molecule has 9 rings (SSSR count). The summed E-state index contributed by atoms with van der Waals surface area (Å²) < 4.78 is 145. The third kappa shape index (κ3) is 14.7. The number of halogens is 10. The van der Waals surface area contributed by atoms with E-state index < -0.39 is 58.2 Å². The fraction of sp³-hybridized carbons (Fsp3) is 0.250. The molecule has 0 spiro atoms. The molecule has 0 aliphatic rings. The molecule has 0 bridgehead atoms. The van der Waals surface area contributed by atoms with Gasteiger partial charge in [-0.05, 0) is 112 Å². The lowest BCUT2D eigenvalue weighted by molar-refractivity contribution is 0.495. The summed E-state index contributed by atoms with van der Waals surface area (Å²) >= 11 is 0. The molecule has 426 valence electrons. The Morgan fingerprint density at radius 2 is 0.463 bits per heavy atom. The van der Waals surface area contributed by atoms with Crippen LogP contribution in [0.25, 0.3) is 66.8 Å². The predicted molar refractivity (Wildman–Crippen MR) is 315 cm³/mol. The molecule has 9 aromatic rings. The zero-order valence-electron chi connectivity index (χ0n) is 47.3. The fourth-order valence-corrected chi connectivity index (χ4v) is 10.0. The van der Waals surface area contributed by atoms with Gasteiger partial charge in [0.15, 0.2) is 46.5 Å². The normalized spacial score (nSPS) is 11.0. The standard InChI is InChI=1S/C24H22F4.2C24H23F3/c1-3-5-15-7-9-16(10-8-15)18-13-14-20(24(28)22(18)26)19-12-11-17(6-4-2)21(25)23(19)27;1-3-5-16-7-9-17(10-8-16)20-13-12-19(15-22(20)25)21-14-11-18(6-4-2)23(26)24(21)27;1-3-5-16-7-9-17(10-8-16)19-12-13-20(22(25)15-19)21-14-11-18(6-4-2)23(26)24(21)27/h7-14H,3-6H2,1-2H3;2*7-15H,3-6H2,1-2H3. The molecule has 0 aromatic heterocycles. The van der Waals surface area contributed by atoms with E-state index in [1.165, 1.54) is 71.8 Å². The van der Waals surface area contributed by atoms with Crippen LogP contribution in [0.4, 0.5) is 43.9 Å². The molecule has 0 atom stereocenters. The summed E-state index contributed by atoms with van der Waals surface area (Å²) in [4.78, 5) is 0. The van der Waals surface area contributed by atoms with Crippen molar-refractivity contribution in [1.82, 2.24) is 0 Å². The Bertz CT molecular complexity index is 3580. The van der Waals surface area contributed by atoms with Gasteiger partial charge in [0.1, 0.15) is 11.6 Å². The second-order valence-electron chi connectivity index (χ2n) is 20.5. The van der Waals surface area contributed by atoms with Crippen molar-refractivity contribution in [3.63, 3.8) is 0 Å². The molecule has 0 aliphatic carbocycles. The van der Waals surface area contributed by atoms with Crippen LogP contribution in [0.5, 0.6) is 0 Å². The van der Waals surface area contributed by atoms with E-state index in [-0.39, 0.29) is 38.9 Å². The summed E-state index contributed by atoms with van der Waals surface area (Å²) in [6.45, 7) is 12.0. The minimum absolute atomic E-state index is 0.0466. The first-order valence-electron chi connectivity index (χ1n) is 28.3. The zero-order valence-corrected chi connectivity index (χ0v) is 47.3. The van der Waals surface area contributed by atoms with Crippen molar-refractivity contribution in [2.45, 2.75) is 119 Å². The maximum Gasteiger partial charge on any atom is 0.167 e. The monoisotopic (exact) mass is 1120 g/mol. The van der Waals surface area contributed by atoms with E-state index in [1.807, 2.05) is 81.4 Å². The number of aryl methyl sites for hydroxylation is 6. The Morgan fingerprint density at radius 3 is 0.878 bits per heavy atom. The molecule has 0 radical (unpaired) electrons. The highest BCUT2D eigenvalue weighted by Gasteiger charge is 2.22. The van der Waals surface area contributed by atoms with Crippen LogP contribution in [0.3, 0.4) is 0 Å². The Morgan fingerprint density at radius 1 is 0.207 bits per heavy atom. The van der Waals surface area contributed by atoms with Gasteiger partial charge in [-0.15, -0.1) is 0 Å². The van der Waals surface area contributed by atoms with Gasteiger partial charge in [-0.2, -0.15) is 0 Å². The van der Waals surface area contributed by atoms with E-state index in [9.17, 15) is 43.9 Å². The molecule has 82 heavy (non-hydrogen) atoms. The van der Waals surface area contributed by atoms with Crippen molar-refractivity contribution in [2.24, 2.45) is 0 Å². The van der Waals surface area contributed by atoms with Crippen LogP contribution in [-0.4, -0.2) is 0 Å². The van der Waals surface area contributed by atoms with E-state index >= 15 is 0 Å². The van der Waals surface area contributed by atoms with Gasteiger partial charge in [0.2, 0.25) is 0 Å². The third-order valence-corrected chi connectivity index (χ3v) is 14.4. The topological polar surface area (TPSA) is 0 Å². The SMILES string of the molecule is CCCc1ccc(-c2ccc(-c3ccc(CCC)c(F)c3F)c(F)c2)cc1.CCCc1ccc(-c2ccc(-c3ccc(CCC)c(F)c3F)c(F)c2F)cc1.CCCc1ccc(-c2ccc(-c3ccc(CCC)c(F)c3F)cc2F)cc1. The molecule has 0 N–H and O–H groups in total. The maximum absolute atomic E-state index is 14.7. The highest BCUT2D eigenvalue weighted by Crippen LogP contribution is 2.37. The summed E-state index contributed by atoms with van der Waals surface area (Å²) in [5.74, 6) is -9.06. The highest BCUT2D eigenvalue weighted by molar-refractivity contribution is 5.75. The molecule has 9 aromatic carbocycles. The lowest BCUT2D eigenvalue weighted by Gasteiger charge is -2.12. The molecule has 0 unspecified atom stereocenters. The zero-order chi connectivity index (χ0) is 59.0. The summed E-state index contributed by atoms with van der Waals surface area (Å²) in [6.07, 6.45) is 9.45. The smallest absolute Gasteiger partial charge is 0.167 e. The summed E-state index contributed by atoms with van der Waals surface area (Å²) in [5, 5.41) is 0. The maximum atomic E-state index is 14.7. The first kappa shape index (κ1) is 61.9. The van der Waals surface area contributed by atoms with Crippen LogP contribution in [0.15, 0.2) is 158 Å². The molecule has 0 saturated carbocycles. The molecule has 0 aliphatic heterocycles. The van der Waals surface area contributed by atoms with Gasteiger partial charge in [-0.25, -0.2) is 43.9 Å². The molecule has 0 amide bonds. The van der Waals surface area contributed by atoms with Crippen molar-refractivity contribution in [1.29, 1.82) is 0 Å². The number of hydrogen-bond acceptors (Lipinski definition) is 0. The summed E-state index contributed by atoms with van der Waals surface area (Å²) in [7, 11) is 0. The van der Waals surface area contributed by atoms with E-state index in [4.69, 9.17) is 0 Å². The molecular weight excluding hydrogens is 1050 g/mol. The number of hydrogen-bond donors (Lipinski definition) is 0. The largest absolute Gasteiger partial charge is 0.206 e. The van der Waals surface area contributed by atoms with Crippen molar-refractivity contribution >= 4 is 0 Å². The number of rotatable bonds is 18. The molecular formula is C72H68F10. The Labute approximate surface area is 476 Å². The van der Waals surface area contributed by atoms with Crippen molar-refractivity contribution in [3.05, 3.63) is 249 Å². The first-order valence-corrected chi connectivity index (χ1v) is 28.3. The van der Waals surface area contributed by atoms with E-state index in [2.05, 4.69) is 20.8 Å². The third-order valence-electron chi connectivity index (χ3n) is 14.4. The van der Waals surface area contributed by atoms with Gasteiger partial charge < -0.3 is 0 Å². The van der Waals surface area contributed by atoms with Crippen LogP contribution < -0.4 is 0 Å². The lowest BCUT2D eigenvalue weighted by Crippen LogP contribution is -2.00. The van der Waals surface area contributed by atoms with Crippen LogP contribution in [0, 0.1) is 58.2 Å². The Balaban J connectivity index is 0.000000177. The molecule has 0 saturated heterocycles. The van der Waals surface area contributed by atoms with Gasteiger partial charge >= 0.3 is 0 Å². The average molecular weight is 1120 g/mol. The van der Waals surface area contributed by atoms with E-state index in [1.54, 1.807) is 36.4 Å². The molecule has 10 heteroatoms. The van der Waals surface area contributed by atoms with Crippen molar-refractivity contribution in [3.8, 4) is 66.8 Å². The molecule has 0 nitrogen and oxygen atoms in total. The minimum Gasteiger partial charge on any atom is -0.206 e. The van der Waals surface area contributed by atoms with E-state index in [0.29, 0.717) is 59.1 Å². The number of benzene rings is 9. The second-order valence-corrected chi connectivity index (χ2v) is 20.5. The highest BCUT2D eigenvalue weighted by atomic mass is 19.2. The first-order chi connectivity index (χ1) is 39.6. The van der Waals surface area contributed by atoms with Gasteiger partial charge in [0, 0.05) is 38.9 Å². The van der Waals surface area contributed by atoms with Gasteiger partial charge in [-0.3, -0.25) is 0 Å². The van der Waals surface area contributed by atoms with Crippen LogP contribution >= 0.6 is 0 Å². The van der Waals surface area contributed by atoms with Crippen LogP contribution in [-0.2, 0) is 38.5 Å². The average Bonchev–Trinajstić information content (AvgIpc) is 3.49. The van der Waals surface area contributed by atoms with Gasteiger partial charge in [0.25, 0.3) is 0 Å². The van der Waals surface area contributed by atoms with Gasteiger partial charge in [-0.1, -0.05) is 226 Å². The molecule has 0 heterocycles. The van der Waals surface area contributed by atoms with Crippen LogP contribution in [0.2, 0.25) is 0 Å². The Hall–Kier alpha value is -7.72. The summed E-state index contributed by atoms with van der Waals surface area (Å²) in [5.41, 5.74) is 7.79. The van der Waals surface area contributed by atoms with E-state index in [0.717, 1.165) is 68.1 Å². The fourth-order valence-electron chi connectivity index (χ4n) is 10.0. The lowest BCUT2D eigenvalue weighted by atomic mass is 9.96. The van der Waals surface area contributed by atoms with Crippen molar-refractivity contribution < 1.29 is 43.9 Å². The quantitative estimate of drug-likeness (QED) is 0.0751. The predicted octanol–water partition coefficient (Wildman–Crippen LogP) is 22.2. The van der Waals surface area contributed by atoms with Crippen molar-refractivity contribution in [2.75, 3.05) is 0 Å². The second kappa shape index (κ2) is 29.3. The Kier molecular flexibility index (Phi) is 22.1. The molecule has 0 fully saturated rings.